The monoisotopic (exact) mass is 472 g/mol. The molecule has 0 spiro atoms. The second-order valence-corrected chi connectivity index (χ2v) is 7.54. The van der Waals surface area contributed by atoms with Crippen LogP contribution in [0.25, 0.3) is 11.0 Å². The molecule has 0 unspecified atom stereocenters. The first-order valence-corrected chi connectivity index (χ1v) is 10.2. The molecule has 29 heavy (non-hydrogen) atoms. The predicted molar refractivity (Wildman–Crippen MR) is 118 cm³/mol. The van der Waals surface area contributed by atoms with Gasteiger partial charge in [-0.2, -0.15) is 0 Å². The lowest BCUT2D eigenvalue weighted by atomic mass is 10.2. The van der Waals surface area contributed by atoms with E-state index < -0.39 is 0 Å². The Balaban J connectivity index is 1.26. The van der Waals surface area contributed by atoms with Crippen molar-refractivity contribution < 1.29 is 9.47 Å². The number of benzene rings is 2. The zero-order valence-corrected chi connectivity index (χ0v) is 17.7. The van der Waals surface area contributed by atoms with Gasteiger partial charge in [0.05, 0.1) is 9.99 Å². The number of halogens is 2. The van der Waals surface area contributed by atoms with E-state index in [1.807, 2.05) is 42.5 Å². The third-order valence-electron chi connectivity index (χ3n) is 4.21. The van der Waals surface area contributed by atoms with Crippen molar-refractivity contribution in [3.05, 3.63) is 76.1 Å². The molecule has 4 aromatic rings. The predicted octanol–water partition coefficient (Wildman–Crippen LogP) is 5.44. The fraction of sp³-hybridized carbons (Fsp3) is 0.143. The van der Waals surface area contributed by atoms with Crippen molar-refractivity contribution in [1.82, 2.24) is 15.0 Å². The number of hydrogen-bond donors (Lipinski definition) is 2. The second-order valence-electron chi connectivity index (χ2n) is 6.25. The first-order valence-electron chi connectivity index (χ1n) is 9.00. The van der Waals surface area contributed by atoms with Crippen LogP contribution in [0.5, 0.6) is 11.5 Å². The lowest BCUT2D eigenvalue weighted by molar-refractivity contribution is 0.217. The van der Waals surface area contributed by atoms with Crippen molar-refractivity contribution in [1.29, 1.82) is 0 Å². The second kappa shape index (κ2) is 9.15. The largest absolute Gasteiger partial charge is 0.490 e. The topological polar surface area (TPSA) is 72.1 Å². The summed E-state index contributed by atoms with van der Waals surface area (Å²) in [6.45, 7) is 1.57. The first-order chi connectivity index (χ1) is 14.2. The van der Waals surface area contributed by atoms with Crippen molar-refractivity contribution in [3.8, 4) is 11.5 Å². The summed E-state index contributed by atoms with van der Waals surface area (Å²) < 4.78 is 12.2. The van der Waals surface area contributed by atoms with Crippen LogP contribution in [-0.4, -0.2) is 28.2 Å². The molecular formula is C21H18BrClN4O2. The summed E-state index contributed by atoms with van der Waals surface area (Å²) in [7, 11) is 0. The lowest BCUT2D eigenvalue weighted by Gasteiger charge is -2.10. The molecule has 0 amide bonds. The molecule has 0 aliphatic heterocycles. The third-order valence-corrected chi connectivity index (χ3v) is 4.89. The van der Waals surface area contributed by atoms with E-state index in [4.69, 9.17) is 21.1 Å². The number of H-pyrrole nitrogens is 1. The fourth-order valence-electron chi connectivity index (χ4n) is 2.79. The maximum atomic E-state index is 5.86. The van der Waals surface area contributed by atoms with Crippen LogP contribution in [0.1, 0.15) is 5.56 Å². The summed E-state index contributed by atoms with van der Waals surface area (Å²) in [6, 6.07) is 17.2. The molecular weight excluding hydrogens is 456 g/mol. The number of aromatic amines is 1. The van der Waals surface area contributed by atoms with E-state index in [9.17, 15) is 0 Å². The van der Waals surface area contributed by atoms with E-state index in [1.165, 1.54) is 6.33 Å². The zero-order chi connectivity index (χ0) is 20.1. The number of hydrogen-bond acceptors (Lipinski definition) is 5. The van der Waals surface area contributed by atoms with Crippen LogP contribution in [0.2, 0.25) is 5.02 Å². The first kappa shape index (κ1) is 19.5. The highest BCUT2D eigenvalue weighted by Gasteiger charge is 2.06. The van der Waals surface area contributed by atoms with Gasteiger partial charge in [0.15, 0.2) is 0 Å². The Labute approximate surface area is 181 Å². The van der Waals surface area contributed by atoms with Gasteiger partial charge in [0.1, 0.15) is 42.5 Å². The molecule has 0 aliphatic carbocycles. The summed E-state index contributed by atoms with van der Waals surface area (Å²) in [4.78, 5) is 11.7. The normalized spacial score (nSPS) is 10.8. The molecule has 0 aliphatic rings. The molecule has 2 N–H and O–H groups in total. The molecule has 2 aromatic heterocycles. The molecule has 2 aromatic carbocycles. The maximum Gasteiger partial charge on any atom is 0.143 e. The van der Waals surface area contributed by atoms with E-state index in [1.54, 1.807) is 12.1 Å². The summed E-state index contributed by atoms with van der Waals surface area (Å²) in [6.07, 6.45) is 1.54. The molecule has 0 atom stereocenters. The molecule has 0 bridgehead atoms. The Kier molecular flexibility index (Phi) is 6.17. The highest BCUT2D eigenvalue weighted by molar-refractivity contribution is 9.10. The third kappa shape index (κ3) is 5.19. The van der Waals surface area contributed by atoms with E-state index in [-0.39, 0.29) is 0 Å². The van der Waals surface area contributed by atoms with Gasteiger partial charge in [-0.25, -0.2) is 9.97 Å². The van der Waals surface area contributed by atoms with Gasteiger partial charge in [-0.1, -0.05) is 23.7 Å². The number of anilines is 1. The van der Waals surface area contributed by atoms with Crippen LogP contribution in [0.15, 0.2) is 65.5 Å². The molecule has 0 saturated carbocycles. The van der Waals surface area contributed by atoms with Crippen LogP contribution >= 0.6 is 27.5 Å². The highest BCUT2D eigenvalue weighted by atomic mass is 79.9. The van der Waals surface area contributed by atoms with Gasteiger partial charge in [-0.3, -0.25) is 0 Å². The number of aromatic nitrogens is 3. The van der Waals surface area contributed by atoms with Gasteiger partial charge in [0, 0.05) is 11.6 Å². The van der Waals surface area contributed by atoms with Crippen LogP contribution in [-0.2, 0) is 6.54 Å². The Morgan fingerprint density at radius 1 is 0.931 bits per heavy atom. The molecule has 0 fully saturated rings. The van der Waals surface area contributed by atoms with Gasteiger partial charge in [0.2, 0.25) is 0 Å². The van der Waals surface area contributed by atoms with Crippen molar-refractivity contribution in [2.45, 2.75) is 6.54 Å². The average molecular weight is 474 g/mol. The van der Waals surface area contributed by atoms with Crippen LogP contribution in [0.3, 0.4) is 0 Å². The van der Waals surface area contributed by atoms with Gasteiger partial charge in [-0.05, 0) is 64.0 Å². The standard InChI is InChI=1S/C21H18BrClN4O2/c22-19-11-18-20(25-13-26-21(18)27-19)24-12-14-1-5-16(6-2-14)28-9-10-29-17-7-3-15(23)4-8-17/h1-8,11,13H,9-10,12H2,(H2,24,25,26,27). The van der Waals surface area contributed by atoms with E-state index in [0.717, 1.165) is 38.5 Å². The quantitative estimate of drug-likeness (QED) is 0.333. The number of nitrogens with zero attached hydrogens (tertiary/aromatic N) is 2. The minimum absolute atomic E-state index is 0.459. The van der Waals surface area contributed by atoms with Crippen molar-refractivity contribution in [2.24, 2.45) is 0 Å². The molecule has 4 rings (SSSR count). The number of nitrogens with one attached hydrogen (secondary N) is 2. The van der Waals surface area contributed by atoms with Crippen LogP contribution < -0.4 is 14.8 Å². The maximum absolute atomic E-state index is 5.86. The summed E-state index contributed by atoms with van der Waals surface area (Å²) in [5.41, 5.74) is 1.91. The van der Waals surface area contributed by atoms with Gasteiger partial charge in [-0.15, -0.1) is 0 Å². The Morgan fingerprint density at radius 2 is 1.59 bits per heavy atom. The van der Waals surface area contributed by atoms with Crippen molar-refractivity contribution in [2.75, 3.05) is 18.5 Å². The lowest BCUT2D eigenvalue weighted by Crippen LogP contribution is -2.09. The van der Waals surface area contributed by atoms with Gasteiger partial charge >= 0.3 is 0 Å². The van der Waals surface area contributed by atoms with Crippen LogP contribution in [0, 0.1) is 0 Å². The molecule has 8 heteroatoms. The van der Waals surface area contributed by atoms with E-state index in [0.29, 0.717) is 24.8 Å². The minimum atomic E-state index is 0.459. The summed E-state index contributed by atoms with van der Waals surface area (Å²) >= 11 is 9.28. The van der Waals surface area contributed by atoms with E-state index >= 15 is 0 Å². The molecule has 0 radical (unpaired) electrons. The van der Waals surface area contributed by atoms with Crippen molar-refractivity contribution in [3.63, 3.8) is 0 Å². The molecule has 148 valence electrons. The SMILES string of the molecule is Clc1ccc(OCCOc2ccc(CNc3ncnc4[nH]c(Br)cc34)cc2)cc1. The average Bonchev–Trinajstić information content (AvgIpc) is 3.12. The molecule has 0 saturated heterocycles. The van der Waals surface area contributed by atoms with E-state index in [2.05, 4.69) is 36.2 Å². The van der Waals surface area contributed by atoms with Crippen molar-refractivity contribution >= 4 is 44.4 Å². The highest BCUT2D eigenvalue weighted by Crippen LogP contribution is 2.23. The summed E-state index contributed by atoms with van der Waals surface area (Å²) in [5, 5.41) is 4.98. The van der Waals surface area contributed by atoms with Gasteiger partial charge < -0.3 is 19.8 Å². The van der Waals surface area contributed by atoms with Gasteiger partial charge in [0.25, 0.3) is 0 Å². The summed E-state index contributed by atoms with van der Waals surface area (Å²) in [5.74, 6) is 2.36. The molecule has 6 nitrogen and oxygen atoms in total. The number of rotatable bonds is 8. The fourth-order valence-corrected chi connectivity index (χ4v) is 3.33. The number of ether oxygens (including phenoxy) is 2. The Hall–Kier alpha value is -2.77. The zero-order valence-electron chi connectivity index (χ0n) is 15.4. The van der Waals surface area contributed by atoms with Crippen LogP contribution in [0.4, 0.5) is 5.82 Å². The Bertz CT molecular complexity index is 1080. The smallest absolute Gasteiger partial charge is 0.143 e. The minimum Gasteiger partial charge on any atom is -0.490 e. The number of fused-ring (bicyclic) bond motifs is 1. The molecule has 2 heterocycles. The Morgan fingerprint density at radius 3 is 2.28 bits per heavy atom.